The number of hydrogen-bond acceptors (Lipinski definition) is 7. The van der Waals surface area contributed by atoms with Gasteiger partial charge in [0.25, 0.3) is 0 Å². The number of ketones is 1. The van der Waals surface area contributed by atoms with Crippen LogP contribution in [0.5, 0.6) is 0 Å². The molecule has 0 unspecified atom stereocenters. The van der Waals surface area contributed by atoms with E-state index in [0.29, 0.717) is 40.9 Å². The number of anilines is 2. The lowest BCUT2D eigenvalue weighted by molar-refractivity contribution is 0.0973. The lowest BCUT2D eigenvalue weighted by atomic mass is 9.99. The Balaban J connectivity index is 1.77. The van der Waals surface area contributed by atoms with Crippen LogP contribution in [0.15, 0.2) is 42.9 Å². The van der Waals surface area contributed by atoms with E-state index in [9.17, 15) is 4.79 Å². The van der Waals surface area contributed by atoms with Gasteiger partial charge in [-0.25, -0.2) is 9.97 Å². The molecule has 1 aromatic carbocycles. The summed E-state index contributed by atoms with van der Waals surface area (Å²) in [5, 5.41) is 25.1. The number of aromatic nitrogens is 4. The molecule has 2 heterocycles. The minimum Gasteiger partial charge on any atom is -0.321 e. The predicted molar refractivity (Wildman–Crippen MR) is 112 cm³/mol. The van der Waals surface area contributed by atoms with Crippen LogP contribution in [0.3, 0.4) is 0 Å². The SMILES string of the molecule is C[C@@H](C#N)CC(=O)c1ccc(-c2nc(Nc3cnn(CCC#N)c3)ncc2Cl)cc1. The van der Waals surface area contributed by atoms with Crippen LogP contribution in [0.2, 0.25) is 5.02 Å². The molecule has 1 N–H and O–H groups in total. The quantitative estimate of drug-likeness (QED) is 0.537. The van der Waals surface area contributed by atoms with Gasteiger partial charge in [0.05, 0.1) is 59.8 Å². The first-order chi connectivity index (χ1) is 14.5. The van der Waals surface area contributed by atoms with E-state index < -0.39 is 0 Å². The molecule has 0 aliphatic heterocycles. The number of carbonyl (C=O) groups excluding carboxylic acids is 1. The van der Waals surface area contributed by atoms with Gasteiger partial charge in [0, 0.05) is 23.7 Å². The third-order valence-corrected chi connectivity index (χ3v) is 4.56. The van der Waals surface area contributed by atoms with Crippen molar-refractivity contribution >= 4 is 29.0 Å². The molecule has 0 aliphatic carbocycles. The van der Waals surface area contributed by atoms with Gasteiger partial charge in [-0.05, 0) is 6.92 Å². The molecule has 3 rings (SSSR count). The summed E-state index contributed by atoms with van der Waals surface area (Å²) in [6.07, 6.45) is 5.44. The Morgan fingerprint density at radius 1 is 1.27 bits per heavy atom. The van der Waals surface area contributed by atoms with Crippen LogP contribution in [0.25, 0.3) is 11.3 Å². The Hall–Kier alpha value is -3.75. The van der Waals surface area contributed by atoms with Gasteiger partial charge in [-0.3, -0.25) is 9.48 Å². The second-order valence-electron chi connectivity index (χ2n) is 6.65. The number of aryl methyl sites for hydroxylation is 1. The summed E-state index contributed by atoms with van der Waals surface area (Å²) in [6, 6.07) is 11.1. The zero-order valence-corrected chi connectivity index (χ0v) is 17.0. The summed E-state index contributed by atoms with van der Waals surface area (Å²) < 4.78 is 1.66. The topological polar surface area (TPSA) is 120 Å². The van der Waals surface area contributed by atoms with E-state index in [2.05, 4.69) is 32.5 Å². The predicted octanol–water partition coefficient (Wildman–Crippen LogP) is 4.38. The average molecular weight is 420 g/mol. The minimum atomic E-state index is -0.327. The monoisotopic (exact) mass is 419 g/mol. The summed E-state index contributed by atoms with van der Waals surface area (Å²) in [4.78, 5) is 20.9. The maximum absolute atomic E-state index is 12.2. The molecule has 0 radical (unpaired) electrons. The van der Waals surface area contributed by atoms with Crippen molar-refractivity contribution in [1.29, 1.82) is 10.5 Å². The van der Waals surface area contributed by atoms with Gasteiger partial charge < -0.3 is 5.32 Å². The molecule has 0 saturated heterocycles. The van der Waals surface area contributed by atoms with Crippen molar-refractivity contribution in [3.63, 3.8) is 0 Å². The van der Waals surface area contributed by atoms with Crippen molar-refractivity contribution in [3.05, 3.63) is 53.4 Å². The highest BCUT2D eigenvalue weighted by atomic mass is 35.5. The Labute approximate surface area is 178 Å². The van der Waals surface area contributed by atoms with Gasteiger partial charge in [0.15, 0.2) is 5.78 Å². The van der Waals surface area contributed by atoms with E-state index in [-0.39, 0.29) is 18.1 Å². The molecular formula is C21H18ClN7O. The van der Waals surface area contributed by atoms with E-state index in [1.54, 1.807) is 48.3 Å². The van der Waals surface area contributed by atoms with E-state index in [1.807, 2.05) is 0 Å². The summed E-state index contributed by atoms with van der Waals surface area (Å²) in [5.74, 6) is -0.0660. The first-order valence-electron chi connectivity index (χ1n) is 9.22. The number of nitriles is 2. The molecule has 150 valence electrons. The van der Waals surface area contributed by atoms with E-state index in [0.717, 1.165) is 5.56 Å². The second-order valence-corrected chi connectivity index (χ2v) is 7.06. The molecule has 0 aliphatic rings. The number of hydrogen-bond donors (Lipinski definition) is 1. The normalized spacial score (nSPS) is 11.3. The van der Waals surface area contributed by atoms with Crippen LogP contribution in [-0.4, -0.2) is 25.5 Å². The van der Waals surface area contributed by atoms with Crippen LogP contribution in [0, 0.1) is 28.6 Å². The maximum atomic E-state index is 12.2. The van der Waals surface area contributed by atoms with Crippen LogP contribution in [0.4, 0.5) is 11.6 Å². The van der Waals surface area contributed by atoms with Gasteiger partial charge in [-0.15, -0.1) is 0 Å². The van der Waals surface area contributed by atoms with Gasteiger partial charge in [-0.2, -0.15) is 15.6 Å². The van der Waals surface area contributed by atoms with Gasteiger partial charge in [-0.1, -0.05) is 35.9 Å². The molecular weight excluding hydrogens is 402 g/mol. The molecule has 8 nitrogen and oxygen atoms in total. The van der Waals surface area contributed by atoms with Crippen LogP contribution >= 0.6 is 11.6 Å². The van der Waals surface area contributed by atoms with Crippen molar-refractivity contribution in [1.82, 2.24) is 19.7 Å². The zero-order valence-electron chi connectivity index (χ0n) is 16.2. The number of benzene rings is 1. The molecule has 3 aromatic rings. The number of nitrogens with zero attached hydrogens (tertiary/aromatic N) is 6. The highest BCUT2D eigenvalue weighted by molar-refractivity contribution is 6.32. The molecule has 1 atom stereocenters. The Kier molecular flexibility index (Phi) is 6.74. The smallest absolute Gasteiger partial charge is 0.227 e. The fourth-order valence-corrected chi connectivity index (χ4v) is 2.93. The minimum absolute atomic E-state index is 0.0832. The largest absolute Gasteiger partial charge is 0.321 e. The van der Waals surface area contributed by atoms with Crippen molar-refractivity contribution in [2.24, 2.45) is 5.92 Å². The Bertz CT molecular complexity index is 1130. The molecule has 30 heavy (non-hydrogen) atoms. The third kappa shape index (κ3) is 5.19. The first-order valence-corrected chi connectivity index (χ1v) is 9.60. The number of Topliss-reactive ketones (excluding diaryl/α,β-unsaturated/α-hetero) is 1. The molecule has 2 aromatic heterocycles. The molecule has 9 heteroatoms. The number of halogens is 1. The van der Waals surface area contributed by atoms with E-state index in [4.69, 9.17) is 22.1 Å². The lowest BCUT2D eigenvalue weighted by Crippen LogP contribution is -2.04. The standard InChI is InChI=1S/C21H18ClN7O/c1-14(10-24)9-19(30)15-3-5-16(6-4-15)20-18(22)12-25-21(28-20)27-17-11-26-29(13-17)8-2-7-23/h3-6,11-14H,2,8-9H2,1H3,(H,25,27,28)/t14-/m1/s1. The Morgan fingerprint density at radius 3 is 2.73 bits per heavy atom. The summed E-state index contributed by atoms with van der Waals surface area (Å²) >= 11 is 6.28. The zero-order chi connectivity index (χ0) is 21.5. The molecule has 0 amide bonds. The molecule has 0 spiro atoms. The Morgan fingerprint density at radius 2 is 2.03 bits per heavy atom. The van der Waals surface area contributed by atoms with E-state index >= 15 is 0 Å². The summed E-state index contributed by atoms with van der Waals surface area (Å²) in [5.41, 5.74) is 2.48. The lowest BCUT2D eigenvalue weighted by Gasteiger charge is -2.08. The van der Waals surface area contributed by atoms with Gasteiger partial charge >= 0.3 is 0 Å². The van der Waals surface area contributed by atoms with Crippen LogP contribution in [0.1, 0.15) is 30.1 Å². The summed E-state index contributed by atoms with van der Waals surface area (Å²) in [7, 11) is 0. The third-order valence-electron chi connectivity index (χ3n) is 4.28. The fourth-order valence-electron chi connectivity index (χ4n) is 2.73. The van der Waals surface area contributed by atoms with Crippen molar-refractivity contribution in [2.75, 3.05) is 5.32 Å². The molecule has 0 saturated carbocycles. The molecule has 0 fully saturated rings. The highest BCUT2D eigenvalue weighted by Crippen LogP contribution is 2.27. The fraction of sp³-hybridized carbons (Fsp3) is 0.238. The number of carbonyl (C=O) groups is 1. The van der Waals surface area contributed by atoms with Crippen molar-refractivity contribution in [3.8, 4) is 23.4 Å². The maximum Gasteiger partial charge on any atom is 0.227 e. The van der Waals surface area contributed by atoms with Crippen LogP contribution < -0.4 is 5.32 Å². The van der Waals surface area contributed by atoms with Crippen molar-refractivity contribution < 1.29 is 4.79 Å². The number of rotatable bonds is 8. The van der Waals surface area contributed by atoms with Gasteiger partial charge in [0.1, 0.15) is 0 Å². The molecule has 0 bridgehead atoms. The second kappa shape index (κ2) is 9.64. The number of nitrogens with one attached hydrogen (secondary N) is 1. The average Bonchev–Trinajstić information content (AvgIpc) is 3.20. The summed E-state index contributed by atoms with van der Waals surface area (Å²) in [6.45, 7) is 2.22. The first kappa shape index (κ1) is 21.0. The van der Waals surface area contributed by atoms with E-state index in [1.165, 1.54) is 6.20 Å². The van der Waals surface area contributed by atoms with Crippen molar-refractivity contribution in [2.45, 2.75) is 26.3 Å². The highest BCUT2D eigenvalue weighted by Gasteiger charge is 2.13. The van der Waals surface area contributed by atoms with Crippen LogP contribution in [-0.2, 0) is 6.54 Å². The van der Waals surface area contributed by atoms with Gasteiger partial charge in [0.2, 0.25) is 5.95 Å².